The predicted octanol–water partition coefficient (Wildman–Crippen LogP) is 0.734. The molecule has 1 N–H and O–H groups in total. The van der Waals surface area contributed by atoms with Crippen molar-refractivity contribution in [1.29, 1.82) is 0 Å². The van der Waals surface area contributed by atoms with Gasteiger partial charge in [0.15, 0.2) is 0 Å². The Balaban J connectivity index is 2.36. The fourth-order valence-electron chi connectivity index (χ4n) is 1.19. The average molecular weight is 178 g/mol. The van der Waals surface area contributed by atoms with Crippen LogP contribution in [-0.2, 0) is 4.79 Å². The molecule has 0 spiro atoms. The molecule has 13 heavy (non-hydrogen) atoms. The molecular weight excluding hydrogens is 171 g/mol. The molecule has 3 nitrogen and oxygen atoms in total. The molecular formula is C9H7FN2O. The molecule has 0 aliphatic carbocycles. The molecule has 0 saturated heterocycles. The van der Waals surface area contributed by atoms with Gasteiger partial charge in [-0.25, -0.2) is 4.98 Å². The fourth-order valence-corrected chi connectivity index (χ4v) is 1.19. The van der Waals surface area contributed by atoms with Gasteiger partial charge in [0.1, 0.15) is 0 Å². The molecule has 1 aromatic rings. The van der Waals surface area contributed by atoms with E-state index in [1.165, 1.54) is 12.1 Å². The van der Waals surface area contributed by atoms with E-state index in [1.807, 2.05) is 0 Å². The molecule has 1 aliphatic rings. The Morgan fingerprint density at radius 1 is 1.46 bits per heavy atom. The molecule has 0 unspecified atom stereocenters. The topological polar surface area (TPSA) is 42.0 Å². The van der Waals surface area contributed by atoms with Crippen LogP contribution in [0.2, 0.25) is 0 Å². The van der Waals surface area contributed by atoms with Crippen molar-refractivity contribution in [2.24, 2.45) is 0 Å². The first-order chi connectivity index (χ1) is 6.25. The maximum absolute atomic E-state index is 12.7. The summed E-state index contributed by atoms with van der Waals surface area (Å²) in [5, 5.41) is 2.59. The standard InChI is InChI=1S/C9H7FN2O/c10-8-3-1-2-7(12-8)6-4-9(13)11-5-6/h1-4H,5H2,(H,11,13). The highest BCUT2D eigenvalue weighted by Gasteiger charge is 2.13. The van der Waals surface area contributed by atoms with Crippen molar-refractivity contribution in [2.45, 2.75) is 0 Å². The second-order valence-corrected chi connectivity index (χ2v) is 2.73. The van der Waals surface area contributed by atoms with E-state index in [1.54, 1.807) is 12.1 Å². The summed E-state index contributed by atoms with van der Waals surface area (Å²) < 4.78 is 12.7. The highest BCUT2D eigenvalue weighted by Crippen LogP contribution is 2.14. The minimum atomic E-state index is -0.530. The third-order valence-electron chi connectivity index (χ3n) is 1.80. The van der Waals surface area contributed by atoms with Crippen molar-refractivity contribution < 1.29 is 9.18 Å². The Hall–Kier alpha value is -1.71. The van der Waals surface area contributed by atoms with Crippen molar-refractivity contribution in [2.75, 3.05) is 6.54 Å². The van der Waals surface area contributed by atoms with Gasteiger partial charge < -0.3 is 5.32 Å². The summed E-state index contributed by atoms with van der Waals surface area (Å²) in [7, 11) is 0. The molecule has 0 fully saturated rings. The predicted molar refractivity (Wildman–Crippen MR) is 45.2 cm³/mol. The zero-order valence-corrected chi connectivity index (χ0v) is 6.75. The molecule has 2 heterocycles. The maximum atomic E-state index is 12.7. The van der Waals surface area contributed by atoms with E-state index in [2.05, 4.69) is 10.3 Å². The lowest BCUT2D eigenvalue weighted by molar-refractivity contribution is -0.115. The van der Waals surface area contributed by atoms with Crippen molar-refractivity contribution in [1.82, 2.24) is 10.3 Å². The molecule has 2 rings (SSSR count). The number of rotatable bonds is 1. The summed E-state index contributed by atoms with van der Waals surface area (Å²) >= 11 is 0. The molecule has 0 bridgehead atoms. The lowest BCUT2D eigenvalue weighted by Crippen LogP contribution is -2.14. The fraction of sp³-hybridized carbons (Fsp3) is 0.111. The van der Waals surface area contributed by atoms with Crippen LogP contribution in [0.15, 0.2) is 24.3 Å². The van der Waals surface area contributed by atoms with Gasteiger partial charge in [0, 0.05) is 18.2 Å². The van der Waals surface area contributed by atoms with E-state index in [-0.39, 0.29) is 5.91 Å². The molecule has 0 radical (unpaired) electrons. The molecule has 0 aromatic carbocycles. The summed E-state index contributed by atoms with van der Waals surface area (Å²) in [6, 6.07) is 4.52. The molecule has 0 atom stereocenters. The third-order valence-corrected chi connectivity index (χ3v) is 1.80. The first-order valence-electron chi connectivity index (χ1n) is 3.87. The molecule has 1 amide bonds. The quantitative estimate of drug-likeness (QED) is 0.644. The highest BCUT2D eigenvalue weighted by molar-refractivity contribution is 6.00. The number of halogens is 1. The van der Waals surface area contributed by atoms with Gasteiger partial charge in [-0.2, -0.15) is 4.39 Å². The molecule has 1 aromatic heterocycles. The lowest BCUT2D eigenvalue weighted by atomic mass is 10.2. The van der Waals surface area contributed by atoms with Crippen molar-refractivity contribution in [3.8, 4) is 0 Å². The van der Waals surface area contributed by atoms with E-state index >= 15 is 0 Å². The van der Waals surface area contributed by atoms with E-state index < -0.39 is 5.95 Å². The van der Waals surface area contributed by atoms with Crippen molar-refractivity contribution >= 4 is 11.5 Å². The zero-order chi connectivity index (χ0) is 9.26. The number of carbonyl (C=O) groups excluding carboxylic acids is 1. The number of carbonyl (C=O) groups is 1. The van der Waals surface area contributed by atoms with Gasteiger partial charge in [-0.1, -0.05) is 6.07 Å². The Morgan fingerprint density at radius 2 is 2.31 bits per heavy atom. The Morgan fingerprint density at radius 3 is 2.92 bits per heavy atom. The number of pyridine rings is 1. The van der Waals surface area contributed by atoms with Crippen molar-refractivity contribution in [3.63, 3.8) is 0 Å². The first-order valence-corrected chi connectivity index (χ1v) is 3.87. The second kappa shape index (κ2) is 2.97. The van der Waals surface area contributed by atoms with Gasteiger partial charge in [-0.05, 0) is 12.1 Å². The third kappa shape index (κ3) is 1.56. The Labute approximate surface area is 74.3 Å². The number of aromatic nitrogens is 1. The number of nitrogens with one attached hydrogen (secondary N) is 1. The van der Waals surface area contributed by atoms with Gasteiger partial charge in [-0.3, -0.25) is 4.79 Å². The molecule has 0 saturated carbocycles. The average Bonchev–Trinajstić information content (AvgIpc) is 2.52. The van der Waals surface area contributed by atoms with Crippen LogP contribution in [0.4, 0.5) is 4.39 Å². The largest absolute Gasteiger partial charge is 0.348 e. The molecule has 4 heteroatoms. The number of amides is 1. The summed E-state index contributed by atoms with van der Waals surface area (Å²) in [5.41, 5.74) is 1.24. The van der Waals surface area contributed by atoms with Crippen molar-refractivity contribution in [3.05, 3.63) is 35.9 Å². The molecule has 1 aliphatic heterocycles. The van der Waals surface area contributed by atoms with Crippen LogP contribution in [0.1, 0.15) is 5.69 Å². The van der Waals surface area contributed by atoms with E-state index in [4.69, 9.17) is 0 Å². The lowest BCUT2D eigenvalue weighted by Gasteiger charge is -1.98. The minimum absolute atomic E-state index is 0.152. The zero-order valence-electron chi connectivity index (χ0n) is 6.75. The van der Waals surface area contributed by atoms with E-state index in [0.29, 0.717) is 12.2 Å². The minimum Gasteiger partial charge on any atom is -0.348 e. The second-order valence-electron chi connectivity index (χ2n) is 2.73. The summed E-state index contributed by atoms with van der Waals surface area (Å²) in [6.07, 6.45) is 1.43. The van der Waals surface area contributed by atoms with Gasteiger partial charge >= 0.3 is 0 Å². The number of nitrogens with zero attached hydrogens (tertiary/aromatic N) is 1. The smallest absolute Gasteiger partial charge is 0.244 e. The number of hydrogen-bond acceptors (Lipinski definition) is 2. The van der Waals surface area contributed by atoms with Crippen LogP contribution in [-0.4, -0.2) is 17.4 Å². The van der Waals surface area contributed by atoms with Crippen LogP contribution in [0.5, 0.6) is 0 Å². The summed E-state index contributed by atoms with van der Waals surface area (Å²) in [6.45, 7) is 0.426. The molecule has 66 valence electrons. The maximum Gasteiger partial charge on any atom is 0.244 e. The van der Waals surface area contributed by atoms with E-state index in [9.17, 15) is 9.18 Å². The van der Waals surface area contributed by atoms with Gasteiger partial charge in [0.05, 0.1) is 5.69 Å². The Bertz CT molecular complexity index is 387. The van der Waals surface area contributed by atoms with Crippen LogP contribution in [0.3, 0.4) is 0 Å². The van der Waals surface area contributed by atoms with Crippen LogP contribution < -0.4 is 5.32 Å². The van der Waals surface area contributed by atoms with Gasteiger partial charge in [-0.15, -0.1) is 0 Å². The Kier molecular flexibility index (Phi) is 1.81. The number of hydrogen-bond donors (Lipinski definition) is 1. The highest BCUT2D eigenvalue weighted by atomic mass is 19.1. The normalized spacial score (nSPS) is 15.5. The van der Waals surface area contributed by atoms with Crippen LogP contribution in [0, 0.1) is 5.95 Å². The van der Waals surface area contributed by atoms with Crippen LogP contribution >= 0.6 is 0 Å². The van der Waals surface area contributed by atoms with E-state index in [0.717, 1.165) is 5.57 Å². The monoisotopic (exact) mass is 178 g/mol. The SMILES string of the molecule is O=C1C=C(c2cccc(F)n2)CN1. The van der Waals surface area contributed by atoms with Crippen LogP contribution in [0.25, 0.3) is 5.57 Å². The summed E-state index contributed by atoms with van der Waals surface area (Å²) in [4.78, 5) is 14.5. The summed E-state index contributed by atoms with van der Waals surface area (Å²) in [5.74, 6) is -0.682. The van der Waals surface area contributed by atoms with Gasteiger partial charge in [0.25, 0.3) is 0 Å². The van der Waals surface area contributed by atoms with Gasteiger partial charge in [0.2, 0.25) is 11.9 Å². The first kappa shape index (κ1) is 7.91.